The van der Waals surface area contributed by atoms with Gasteiger partial charge >= 0.3 is 0 Å². The van der Waals surface area contributed by atoms with E-state index < -0.39 is 10.0 Å². The van der Waals surface area contributed by atoms with Crippen molar-refractivity contribution in [2.45, 2.75) is 12.8 Å². The zero-order valence-corrected chi connectivity index (χ0v) is 13.1. The first kappa shape index (κ1) is 15.2. The number of amides is 1. The zero-order chi connectivity index (χ0) is 15.6. The van der Waals surface area contributed by atoms with E-state index in [1.807, 2.05) is 0 Å². The minimum atomic E-state index is -3.36. The van der Waals surface area contributed by atoms with Crippen LogP contribution < -0.4 is 10.6 Å². The maximum absolute atomic E-state index is 12.2. The van der Waals surface area contributed by atoms with E-state index in [2.05, 4.69) is 15.0 Å². The molecule has 0 aromatic carbocycles. The molecular weight excluding hydrogens is 304 g/mol. The Morgan fingerprint density at radius 3 is 3.09 bits per heavy atom. The topological polar surface area (TPSA) is 90.9 Å². The van der Waals surface area contributed by atoms with Gasteiger partial charge in [-0.15, -0.1) is 4.40 Å². The number of carbonyl (C=O) groups excluding carboxylic acids is 1. The number of rotatable bonds is 3. The number of fused-ring (bicyclic) bond motifs is 1. The molecule has 0 aromatic heterocycles. The molecular formula is C14H20N4O3S. The lowest BCUT2D eigenvalue weighted by Gasteiger charge is -2.27. The van der Waals surface area contributed by atoms with Gasteiger partial charge in [0.1, 0.15) is 5.84 Å². The van der Waals surface area contributed by atoms with E-state index in [1.165, 1.54) is 0 Å². The van der Waals surface area contributed by atoms with Crippen molar-refractivity contribution < 1.29 is 13.2 Å². The minimum Gasteiger partial charge on any atom is -0.352 e. The third-order valence-electron chi connectivity index (χ3n) is 4.04. The molecule has 8 heteroatoms. The standard InChI is InChI=1S/C14H20N4O3S/c19-14(16-9-11-2-1-5-15-8-11)12-3-4-13-17-22(20,21)7-6-18(13)10-12/h3-4,10-11,15H,1-2,5-9H2,(H,16,19). The van der Waals surface area contributed by atoms with Crippen molar-refractivity contribution in [1.82, 2.24) is 15.5 Å². The average molecular weight is 324 g/mol. The van der Waals surface area contributed by atoms with E-state index in [0.29, 0.717) is 30.4 Å². The van der Waals surface area contributed by atoms with Crippen molar-refractivity contribution in [3.8, 4) is 0 Å². The summed E-state index contributed by atoms with van der Waals surface area (Å²) in [6.45, 7) is 2.98. The molecule has 1 saturated heterocycles. The fourth-order valence-corrected chi connectivity index (χ4v) is 3.74. The predicted molar refractivity (Wildman–Crippen MR) is 83.8 cm³/mol. The summed E-state index contributed by atoms with van der Waals surface area (Å²) in [5.41, 5.74) is 0.530. The number of sulfonamides is 1. The summed E-state index contributed by atoms with van der Waals surface area (Å²) in [4.78, 5) is 13.9. The van der Waals surface area contributed by atoms with Gasteiger partial charge in [0, 0.05) is 19.3 Å². The molecule has 0 aliphatic carbocycles. The largest absolute Gasteiger partial charge is 0.352 e. The Balaban J connectivity index is 1.60. The van der Waals surface area contributed by atoms with Gasteiger partial charge in [-0.1, -0.05) is 0 Å². The lowest BCUT2D eigenvalue weighted by Crippen LogP contribution is -2.40. The van der Waals surface area contributed by atoms with Gasteiger partial charge in [0.05, 0.1) is 11.3 Å². The van der Waals surface area contributed by atoms with Crippen LogP contribution in [0.4, 0.5) is 0 Å². The Hall–Kier alpha value is -1.67. The van der Waals surface area contributed by atoms with E-state index in [0.717, 1.165) is 25.9 Å². The van der Waals surface area contributed by atoms with Gasteiger partial charge in [0.15, 0.2) is 0 Å². The molecule has 3 aliphatic rings. The van der Waals surface area contributed by atoms with Gasteiger partial charge in [0.2, 0.25) is 0 Å². The Morgan fingerprint density at radius 1 is 1.45 bits per heavy atom. The molecule has 1 fully saturated rings. The molecule has 7 nitrogen and oxygen atoms in total. The summed E-state index contributed by atoms with van der Waals surface area (Å²) in [5, 5.41) is 6.27. The first-order chi connectivity index (χ1) is 10.5. The second kappa shape index (κ2) is 6.21. The molecule has 1 amide bonds. The molecule has 0 aromatic rings. The van der Waals surface area contributed by atoms with Crippen LogP contribution in [0.5, 0.6) is 0 Å². The molecule has 0 saturated carbocycles. The normalized spacial score (nSPS) is 26.7. The van der Waals surface area contributed by atoms with E-state index in [1.54, 1.807) is 23.3 Å². The fourth-order valence-electron chi connectivity index (χ4n) is 2.77. The van der Waals surface area contributed by atoms with Gasteiger partial charge in [-0.3, -0.25) is 4.79 Å². The van der Waals surface area contributed by atoms with Gasteiger partial charge in [-0.05, 0) is 44.0 Å². The molecule has 0 bridgehead atoms. The number of hydrogen-bond donors (Lipinski definition) is 2. The van der Waals surface area contributed by atoms with Crippen LogP contribution in [-0.4, -0.2) is 57.0 Å². The molecule has 3 aliphatic heterocycles. The fraction of sp³-hybridized carbons (Fsp3) is 0.571. The minimum absolute atomic E-state index is 0.0243. The van der Waals surface area contributed by atoms with Crippen LogP contribution in [0.3, 0.4) is 0 Å². The van der Waals surface area contributed by atoms with Crippen LogP contribution in [0, 0.1) is 5.92 Å². The number of amidine groups is 1. The summed E-state index contributed by atoms with van der Waals surface area (Å²) in [7, 11) is -3.36. The molecule has 2 N–H and O–H groups in total. The number of nitrogens with one attached hydrogen (secondary N) is 2. The highest BCUT2D eigenvalue weighted by molar-refractivity contribution is 7.90. The average Bonchev–Trinajstić information content (AvgIpc) is 2.52. The zero-order valence-electron chi connectivity index (χ0n) is 12.3. The highest BCUT2D eigenvalue weighted by Gasteiger charge is 2.25. The van der Waals surface area contributed by atoms with Crippen LogP contribution >= 0.6 is 0 Å². The van der Waals surface area contributed by atoms with Crippen molar-refractivity contribution in [1.29, 1.82) is 0 Å². The Labute approximate surface area is 130 Å². The third kappa shape index (κ3) is 3.56. The van der Waals surface area contributed by atoms with Gasteiger partial charge < -0.3 is 15.5 Å². The van der Waals surface area contributed by atoms with E-state index >= 15 is 0 Å². The molecule has 3 rings (SSSR count). The summed E-state index contributed by atoms with van der Waals surface area (Å²) < 4.78 is 26.6. The van der Waals surface area contributed by atoms with Gasteiger partial charge in [-0.2, -0.15) is 0 Å². The maximum Gasteiger partial charge on any atom is 0.256 e. The van der Waals surface area contributed by atoms with Crippen molar-refractivity contribution in [2.75, 3.05) is 31.9 Å². The van der Waals surface area contributed by atoms with Crippen LogP contribution in [0.25, 0.3) is 0 Å². The van der Waals surface area contributed by atoms with Crippen molar-refractivity contribution >= 4 is 21.8 Å². The van der Waals surface area contributed by atoms with Crippen LogP contribution in [0.15, 0.2) is 28.3 Å². The van der Waals surface area contributed by atoms with Crippen LogP contribution in [0.1, 0.15) is 12.8 Å². The van der Waals surface area contributed by atoms with Gasteiger partial charge in [-0.25, -0.2) is 8.42 Å². The van der Waals surface area contributed by atoms with Crippen LogP contribution in [0.2, 0.25) is 0 Å². The Bertz CT molecular complexity index is 645. The van der Waals surface area contributed by atoms with Crippen molar-refractivity contribution in [2.24, 2.45) is 10.3 Å². The molecule has 1 atom stereocenters. The quantitative estimate of drug-likeness (QED) is 0.737. The molecule has 22 heavy (non-hydrogen) atoms. The summed E-state index contributed by atoms with van der Waals surface area (Å²) in [6, 6.07) is 0. The van der Waals surface area contributed by atoms with Gasteiger partial charge in [0.25, 0.3) is 15.9 Å². The number of piperidine rings is 1. The number of hydrogen-bond acceptors (Lipinski definition) is 5. The second-order valence-electron chi connectivity index (χ2n) is 5.77. The van der Waals surface area contributed by atoms with E-state index in [9.17, 15) is 13.2 Å². The Kier molecular flexibility index (Phi) is 4.30. The molecule has 3 heterocycles. The molecule has 1 unspecified atom stereocenters. The van der Waals surface area contributed by atoms with Crippen molar-refractivity contribution in [3.05, 3.63) is 23.9 Å². The first-order valence-electron chi connectivity index (χ1n) is 7.52. The highest BCUT2D eigenvalue weighted by Crippen LogP contribution is 2.16. The lowest BCUT2D eigenvalue weighted by molar-refractivity contribution is -0.117. The molecule has 0 radical (unpaired) electrons. The smallest absolute Gasteiger partial charge is 0.256 e. The number of carbonyl (C=O) groups is 1. The van der Waals surface area contributed by atoms with E-state index in [-0.39, 0.29) is 11.7 Å². The van der Waals surface area contributed by atoms with Crippen LogP contribution in [-0.2, 0) is 14.8 Å². The highest BCUT2D eigenvalue weighted by atomic mass is 32.2. The SMILES string of the molecule is O=C(NCC1CCCNC1)C1=CN2CCS(=O)(=O)N=C2C=C1. The summed E-state index contributed by atoms with van der Waals surface area (Å²) in [6.07, 6.45) is 7.13. The number of nitrogens with zero attached hydrogens (tertiary/aromatic N) is 2. The second-order valence-corrected chi connectivity index (χ2v) is 7.52. The lowest BCUT2D eigenvalue weighted by atomic mass is 9.99. The third-order valence-corrected chi connectivity index (χ3v) is 5.20. The predicted octanol–water partition coefficient (Wildman–Crippen LogP) is -0.400. The monoisotopic (exact) mass is 324 g/mol. The first-order valence-corrected chi connectivity index (χ1v) is 9.12. The van der Waals surface area contributed by atoms with E-state index in [4.69, 9.17) is 0 Å². The Morgan fingerprint density at radius 2 is 2.32 bits per heavy atom. The summed E-state index contributed by atoms with van der Waals surface area (Å²) >= 11 is 0. The summed E-state index contributed by atoms with van der Waals surface area (Å²) in [5.74, 6) is 0.695. The molecule has 120 valence electrons. The molecule has 0 spiro atoms. The van der Waals surface area contributed by atoms with Crippen molar-refractivity contribution in [3.63, 3.8) is 0 Å². The maximum atomic E-state index is 12.2.